The Balaban J connectivity index is 2.12. The van der Waals surface area contributed by atoms with Crippen molar-refractivity contribution in [2.45, 2.75) is 52.4 Å². The highest BCUT2D eigenvalue weighted by Crippen LogP contribution is 2.51. The van der Waals surface area contributed by atoms with Crippen molar-refractivity contribution in [2.75, 3.05) is 19.8 Å². The fourth-order valence-electron chi connectivity index (χ4n) is 2.92. The van der Waals surface area contributed by atoms with Crippen molar-refractivity contribution in [3.8, 4) is 0 Å². The van der Waals surface area contributed by atoms with Gasteiger partial charge in [-0.05, 0) is 25.7 Å². The summed E-state index contributed by atoms with van der Waals surface area (Å²) in [6.07, 6.45) is 5.67. The molecule has 0 aromatic carbocycles. The Bertz CT molecular complexity index is 338. The van der Waals surface area contributed by atoms with Gasteiger partial charge in [0.15, 0.2) is 5.78 Å². The van der Waals surface area contributed by atoms with Crippen molar-refractivity contribution in [3.05, 3.63) is 11.3 Å². The van der Waals surface area contributed by atoms with E-state index in [1.165, 1.54) is 0 Å². The van der Waals surface area contributed by atoms with E-state index in [4.69, 9.17) is 9.47 Å². The first kappa shape index (κ1) is 13.6. The molecule has 2 aliphatic rings. The summed E-state index contributed by atoms with van der Waals surface area (Å²) in [6, 6.07) is 0. The van der Waals surface area contributed by atoms with Crippen LogP contribution in [0, 0.1) is 5.41 Å². The molecule has 0 radical (unpaired) electrons. The van der Waals surface area contributed by atoms with Gasteiger partial charge in [0.2, 0.25) is 0 Å². The second kappa shape index (κ2) is 5.87. The van der Waals surface area contributed by atoms with Gasteiger partial charge >= 0.3 is 0 Å². The molecule has 1 aliphatic carbocycles. The smallest absolute Gasteiger partial charge is 0.176 e. The van der Waals surface area contributed by atoms with E-state index in [9.17, 15) is 4.79 Å². The van der Waals surface area contributed by atoms with Crippen molar-refractivity contribution < 1.29 is 14.3 Å². The predicted molar refractivity (Wildman–Crippen MR) is 70.3 cm³/mol. The first-order valence-electron chi connectivity index (χ1n) is 7.25. The van der Waals surface area contributed by atoms with Gasteiger partial charge < -0.3 is 9.47 Å². The van der Waals surface area contributed by atoms with Crippen LogP contribution >= 0.6 is 0 Å². The maximum atomic E-state index is 12.4. The number of rotatable bonds is 6. The average molecular weight is 252 g/mol. The molecule has 0 amide bonds. The van der Waals surface area contributed by atoms with Crippen LogP contribution in [-0.4, -0.2) is 25.6 Å². The van der Waals surface area contributed by atoms with Crippen LogP contribution in [0.5, 0.6) is 0 Å². The predicted octanol–water partition coefficient (Wildman–Crippen LogP) is 3.24. The molecule has 0 N–H and O–H groups in total. The van der Waals surface area contributed by atoms with Gasteiger partial charge in [0, 0.05) is 18.8 Å². The quantitative estimate of drug-likeness (QED) is 0.681. The normalized spacial score (nSPS) is 22.2. The van der Waals surface area contributed by atoms with E-state index in [-0.39, 0.29) is 5.41 Å². The number of allylic oxidation sites excluding steroid dienone is 2. The maximum absolute atomic E-state index is 12.4. The molecule has 0 atom stereocenters. The lowest BCUT2D eigenvalue weighted by molar-refractivity contribution is -0.137. The summed E-state index contributed by atoms with van der Waals surface area (Å²) >= 11 is 0. The molecule has 1 aliphatic heterocycles. The minimum Gasteiger partial charge on any atom is -0.496 e. The Morgan fingerprint density at radius 2 is 1.94 bits per heavy atom. The highest BCUT2D eigenvalue weighted by molar-refractivity contribution is 6.09. The molecule has 3 heteroatoms. The number of carbonyl (C=O) groups excluding carboxylic acids is 1. The average Bonchev–Trinajstić information content (AvgIpc) is 2.42. The maximum Gasteiger partial charge on any atom is 0.176 e. The highest BCUT2D eigenvalue weighted by Gasteiger charge is 2.55. The van der Waals surface area contributed by atoms with E-state index >= 15 is 0 Å². The van der Waals surface area contributed by atoms with E-state index in [1.807, 2.05) is 0 Å². The van der Waals surface area contributed by atoms with Gasteiger partial charge in [0.05, 0.1) is 12.0 Å². The van der Waals surface area contributed by atoms with Crippen LogP contribution in [0.4, 0.5) is 0 Å². The van der Waals surface area contributed by atoms with E-state index in [1.54, 1.807) is 0 Å². The Morgan fingerprint density at radius 3 is 2.56 bits per heavy atom. The third-order valence-corrected chi connectivity index (χ3v) is 4.01. The third kappa shape index (κ3) is 2.20. The van der Waals surface area contributed by atoms with Crippen molar-refractivity contribution in [1.29, 1.82) is 0 Å². The Kier molecular flexibility index (Phi) is 4.44. The SMILES string of the molecule is CCCCOC1=C(CCC)C(=O)C12CCOCC2. The first-order chi connectivity index (χ1) is 8.76. The molecule has 0 unspecified atom stereocenters. The van der Waals surface area contributed by atoms with Crippen LogP contribution < -0.4 is 0 Å². The minimum absolute atomic E-state index is 0.309. The molecule has 102 valence electrons. The van der Waals surface area contributed by atoms with E-state index in [2.05, 4.69) is 13.8 Å². The topological polar surface area (TPSA) is 35.5 Å². The van der Waals surface area contributed by atoms with Gasteiger partial charge in [-0.3, -0.25) is 4.79 Å². The number of ether oxygens (including phenoxy) is 2. The zero-order valence-electron chi connectivity index (χ0n) is 11.6. The molecular weight excluding hydrogens is 228 g/mol. The van der Waals surface area contributed by atoms with Gasteiger partial charge in [0.25, 0.3) is 0 Å². The summed E-state index contributed by atoms with van der Waals surface area (Å²) in [5.74, 6) is 1.34. The van der Waals surface area contributed by atoms with Gasteiger partial charge in [-0.25, -0.2) is 0 Å². The fourth-order valence-corrected chi connectivity index (χ4v) is 2.92. The Labute approximate surface area is 110 Å². The van der Waals surface area contributed by atoms with E-state index in [0.717, 1.165) is 56.5 Å². The van der Waals surface area contributed by atoms with Crippen molar-refractivity contribution >= 4 is 5.78 Å². The molecule has 3 nitrogen and oxygen atoms in total. The van der Waals surface area contributed by atoms with Crippen molar-refractivity contribution in [2.24, 2.45) is 5.41 Å². The lowest BCUT2D eigenvalue weighted by atomic mass is 9.62. The summed E-state index contributed by atoms with van der Waals surface area (Å²) in [6.45, 7) is 6.38. The number of hydrogen-bond acceptors (Lipinski definition) is 3. The summed E-state index contributed by atoms with van der Waals surface area (Å²) in [4.78, 5) is 12.4. The number of ketones is 1. The number of hydrogen-bond donors (Lipinski definition) is 0. The van der Waals surface area contributed by atoms with Gasteiger partial charge in [-0.15, -0.1) is 0 Å². The Morgan fingerprint density at radius 1 is 1.22 bits per heavy atom. The highest BCUT2D eigenvalue weighted by atomic mass is 16.5. The van der Waals surface area contributed by atoms with Gasteiger partial charge in [-0.2, -0.15) is 0 Å². The second-order valence-electron chi connectivity index (χ2n) is 5.28. The van der Waals surface area contributed by atoms with Crippen LogP contribution in [0.1, 0.15) is 52.4 Å². The molecule has 0 bridgehead atoms. The summed E-state index contributed by atoms with van der Waals surface area (Å²) in [5.41, 5.74) is 0.645. The van der Waals surface area contributed by atoms with Gasteiger partial charge in [-0.1, -0.05) is 26.7 Å². The Hall–Kier alpha value is -0.830. The molecule has 0 saturated carbocycles. The van der Waals surface area contributed by atoms with Crippen molar-refractivity contribution in [3.63, 3.8) is 0 Å². The second-order valence-corrected chi connectivity index (χ2v) is 5.28. The van der Waals surface area contributed by atoms with Gasteiger partial charge in [0.1, 0.15) is 5.76 Å². The molecular formula is C15H24O3. The summed E-state index contributed by atoms with van der Waals surface area (Å²) < 4.78 is 11.3. The third-order valence-electron chi connectivity index (χ3n) is 4.01. The van der Waals surface area contributed by atoms with E-state index in [0.29, 0.717) is 19.0 Å². The van der Waals surface area contributed by atoms with E-state index < -0.39 is 0 Å². The zero-order valence-corrected chi connectivity index (χ0v) is 11.6. The van der Waals surface area contributed by atoms with Crippen LogP contribution in [0.2, 0.25) is 0 Å². The van der Waals surface area contributed by atoms with Crippen LogP contribution in [0.15, 0.2) is 11.3 Å². The number of unbranched alkanes of at least 4 members (excludes halogenated alkanes) is 1. The fraction of sp³-hybridized carbons (Fsp3) is 0.800. The largest absolute Gasteiger partial charge is 0.496 e. The molecule has 18 heavy (non-hydrogen) atoms. The molecule has 1 spiro atoms. The molecule has 1 heterocycles. The van der Waals surface area contributed by atoms with Crippen molar-refractivity contribution in [1.82, 2.24) is 0 Å². The lowest BCUT2D eigenvalue weighted by Crippen LogP contribution is -2.49. The molecule has 1 fully saturated rings. The van der Waals surface area contributed by atoms with Crippen LogP contribution in [0.3, 0.4) is 0 Å². The lowest BCUT2D eigenvalue weighted by Gasteiger charge is -2.45. The standard InChI is InChI=1S/C15H24O3/c1-3-5-9-18-14-12(6-4-2)13(16)15(14)7-10-17-11-8-15/h3-11H2,1-2H3. The zero-order chi connectivity index (χ0) is 13.0. The summed E-state index contributed by atoms with van der Waals surface area (Å²) in [5, 5.41) is 0. The monoisotopic (exact) mass is 252 g/mol. The molecule has 0 aromatic rings. The number of carbonyl (C=O) groups is 1. The minimum atomic E-state index is -0.309. The first-order valence-corrected chi connectivity index (χ1v) is 7.25. The van der Waals surface area contributed by atoms with Crippen LogP contribution in [-0.2, 0) is 14.3 Å². The molecule has 2 rings (SSSR count). The summed E-state index contributed by atoms with van der Waals surface area (Å²) in [7, 11) is 0. The molecule has 1 saturated heterocycles. The number of Topliss-reactive ketones (excluding diaryl/α,β-unsaturated/α-hetero) is 1. The molecule has 0 aromatic heterocycles. The van der Waals surface area contributed by atoms with Crippen LogP contribution in [0.25, 0.3) is 0 Å².